The number of halogens is 1. The maximum atomic E-state index is 6.10. The second-order valence-corrected chi connectivity index (χ2v) is 5.22. The van der Waals surface area contributed by atoms with Gasteiger partial charge in [-0.15, -0.1) is 0 Å². The highest BCUT2D eigenvalue weighted by Gasteiger charge is 2.19. The van der Waals surface area contributed by atoms with Crippen LogP contribution < -0.4 is 5.32 Å². The average molecular weight is 262 g/mol. The van der Waals surface area contributed by atoms with E-state index in [1.54, 1.807) is 12.4 Å². The number of pyridine rings is 1. The van der Waals surface area contributed by atoms with Crippen LogP contribution in [-0.2, 0) is 13.1 Å². The van der Waals surface area contributed by atoms with Crippen LogP contribution in [0.4, 0.5) is 0 Å². The van der Waals surface area contributed by atoms with Gasteiger partial charge in [0.25, 0.3) is 0 Å². The first kappa shape index (κ1) is 11.8. The van der Waals surface area contributed by atoms with Crippen LogP contribution in [0.2, 0.25) is 5.02 Å². The Bertz CT molecular complexity index is 531. The normalized spacial score (nSPS) is 14.9. The first-order valence-corrected chi connectivity index (χ1v) is 6.65. The molecule has 0 bridgehead atoms. The minimum absolute atomic E-state index is 0.726. The highest BCUT2D eigenvalue weighted by molar-refractivity contribution is 6.31. The Morgan fingerprint density at radius 1 is 1.39 bits per heavy atom. The summed E-state index contributed by atoms with van der Waals surface area (Å²) in [6.07, 6.45) is 10.4. The van der Waals surface area contributed by atoms with Gasteiger partial charge in [-0.05, 0) is 36.1 Å². The summed E-state index contributed by atoms with van der Waals surface area (Å²) in [5.41, 5.74) is 2.43. The summed E-state index contributed by atoms with van der Waals surface area (Å²) in [5.74, 6) is 0. The molecule has 2 aromatic heterocycles. The molecule has 0 spiro atoms. The number of aromatic nitrogens is 2. The molecule has 1 N–H and O–H groups in total. The molecular weight excluding hydrogens is 246 g/mol. The van der Waals surface area contributed by atoms with Gasteiger partial charge < -0.3 is 9.88 Å². The van der Waals surface area contributed by atoms with Crippen LogP contribution >= 0.6 is 11.6 Å². The lowest BCUT2D eigenvalue weighted by molar-refractivity contribution is 0.685. The summed E-state index contributed by atoms with van der Waals surface area (Å²) in [4.78, 5) is 4.00. The molecule has 0 radical (unpaired) electrons. The molecule has 1 aliphatic rings. The lowest BCUT2D eigenvalue weighted by atomic mass is 10.2. The third-order valence-electron chi connectivity index (χ3n) is 3.19. The first-order valence-electron chi connectivity index (χ1n) is 6.28. The molecular formula is C14H16ClN3. The van der Waals surface area contributed by atoms with Gasteiger partial charge in [0, 0.05) is 43.9 Å². The summed E-state index contributed by atoms with van der Waals surface area (Å²) in [7, 11) is 0. The van der Waals surface area contributed by atoms with E-state index in [9.17, 15) is 0 Å². The minimum Gasteiger partial charge on any atom is -0.350 e. The summed E-state index contributed by atoms with van der Waals surface area (Å²) < 4.78 is 2.16. The molecule has 4 heteroatoms. The van der Waals surface area contributed by atoms with Crippen molar-refractivity contribution in [3.63, 3.8) is 0 Å². The van der Waals surface area contributed by atoms with Crippen LogP contribution in [0.15, 0.2) is 36.9 Å². The SMILES string of the molecule is Clc1cnccc1Cn1ccc(CNC2CC2)c1. The van der Waals surface area contributed by atoms with Gasteiger partial charge in [0.1, 0.15) is 0 Å². The van der Waals surface area contributed by atoms with E-state index in [4.69, 9.17) is 11.6 Å². The van der Waals surface area contributed by atoms with Gasteiger partial charge in [-0.25, -0.2) is 0 Å². The molecule has 94 valence electrons. The van der Waals surface area contributed by atoms with Crippen molar-refractivity contribution in [2.75, 3.05) is 0 Å². The van der Waals surface area contributed by atoms with Crippen LogP contribution in [0.5, 0.6) is 0 Å². The van der Waals surface area contributed by atoms with Crippen molar-refractivity contribution >= 4 is 11.6 Å². The molecule has 0 atom stereocenters. The number of hydrogen-bond acceptors (Lipinski definition) is 2. The van der Waals surface area contributed by atoms with Gasteiger partial charge in [-0.3, -0.25) is 4.98 Å². The Morgan fingerprint density at radius 2 is 2.28 bits per heavy atom. The van der Waals surface area contributed by atoms with E-state index in [1.165, 1.54) is 18.4 Å². The van der Waals surface area contributed by atoms with E-state index in [0.717, 1.165) is 29.7 Å². The first-order chi connectivity index (χ1) is 8.81. The summed E-state index contributed by atoms with van der Waals surface area (Å²) in [5, 5.41) is 4.24. The lowest BCUT2D eigenvalue weighted by Gasteiger charge is -2.05. The van der Waals surface area contributed by atoms with Crippen LogP contribution in [0.1, 0.15) is 24.0 Å². The highest BCUT2D eigenvalue weighted by Crippen LogP contribution is 2.19. The van der Waals surface area contributed by atoms with E-state index >= 15 is 0 Å². The molecule has 3 nitrogen and oxygen atoms in total. The Hall–Kier alpha value is -1.32. The topological polar surface area (TPSA) is 29.9 Å². The predicted octanol–water partition coefficient (Wildman–Crippen LogP) is 2.84. The Balaban J connectivity index is 1.63. The summed E-state index contributed by atoms with van der Waals surface area (Å²) in [6.45, 7) is 1.76. The zero-order valence-corrected chi connectivity index (χ0v) is 10.9. The number of rotatable bonds is 5. The van der Waals surface area contributed by atoms with E-state index in [2.05, 4.69) is 33.3 Å². The van der Waals surface area contributed by atoms with Gasteiger partial charge in [-0.2, -0.15) is 0 Å². The lowest BCUT2D eigenvalue weighted by Crippen LogP contribution is -2.14. The molecule has 0 saturated heterocycles. The van der Waals surface area contributed by atoms with E-state index in [0.29, 0.717) is 0 Å². The molecule has 18 heavy (non-hydrogen) atoms. The molecule has 1 saturated carbocycles. The summed E-state index contributed by atoms with van der Waals surface area (Å²) >= 11 is 6.10. The molecule has 2 aromatic rings. The molecule has 0 aliphatic heterocycles. The van der Waals surface area contributed by atoms with Gasteiger partial charge in [0.05, 0.1) is 5.02 Å². The zero-order valence-electron chi connectivity index (χ0n) is 10.1. The van der Waals surface area contributed by atoms with Gasteiger partial charge in [0.15, 0.2) is 0 Å². The van der Waals surface area contributed by atoms with Crippen molar-refractivity contribution in [2.45, 2.75) is 32.0 Å². The van der Waals surface area contributed by atoms with E-state index < -0.39 is 0 Å². The van der Waals surface area contributed by atoms with Gasteiger partial charge >= 0.3 is 0 Å². The fraction of sp³-hybridized carbons (Fsp3) is 0.357. The maximum Gasteiger partial charge on any atom is 0.0639 e. The van der Waals surface area contributed by atoms with Crippen molar-refractivity contribution in [3.8, 4) is 0 Å². The van der Waals surface area contributed by atoms with Crippen LogP contribution in [0.3, 0.4) is 0 Å². The van der Waals surface area contributed by atoms with Crippen molar-refractivity contribution < 1.29 is 0 Å². The Kier molecular flexibility index (Phi) is 3.35. The molecule has 2 heterocycles. The standard InChI is InChI=1S/C14H16ClN3/c15-14-8-16-5-3-12(14)10-18-6-4-11(9-18)7-17-13-1-2-13/h3-6,8-9,13,17H,1-2,7,10H2. The second-order valence-electron chi connectivity index (χ2n) is 4.81. The number of hydrogen-bond donors (Lipinski definition) is 1. The third-order valence-corrected chi connectivity index (χ3v) is 3.53. The smallest absolute Gasteiger partial charge is 0.0639 e. The third kappa shape index (κ3) is 2.92. The van der Waals surface area contributed by atoms with Crippen LogP contribution in [0.25, 0.3) is 0 Å². The van der Waals surface area contributed by atoms with Crippen molar-refractivity contribution in [3.05, 3.63) is 53.1 Å². The van der Waals surface area contributed by atoms with Crippen molar-refractivity contribution in [2.24, 2.45) is 0 Å². The van der Waals surface area contributed by atoms with Crippen LogP contribution in [-0.4, -0.2) is 15.6 Å². The molecule has 3 rings (SSSR count). The highest BCUT2D eigenvalue weighted by atomic mass is 35.5. The fourth-order valence-electron chi connectivity index (χ4n) is 1.97. The van der Waals surface area contributed by atoms with Crippen molar-refractivity contribution in [1.29, 1.82) is 0 Å². The number of nitrogens with one attached hydrogen (secondary N) is 1. The Morgan fingerprint density at radius 3 is 3.06 bits per heavy atom. The Labute approximate surface area is 112 Å². The van der Waals surface area contributed by atoms with E-state index in [1.807, 2.05) is 6.07 Å². The van der Waals surface area contributed by atoms with E-state index in [-0.39, 0.29) is 0 Å². The number of nitrogens with zero attached hydrogens (tertiary/aromatic N) is 2. The minimum atomic E-state index is 0.726. The second kappa shape index (κ2) is 5.12. The molecule has 0 aromatic carbocycles. The van der Waals surface area contributed by atoms with Gasteiger partial charge in [-0.1, -0.05) is 11.6 Å². The predicted molar refractivity (Wildman–Crippen MR) is 72.6 cm³/mol. The summed E-state index contributed by atoms with van der Waals surface area (Å²) in [6, 6.07) is 4.87. The molecule has 1 fully saturated rings. The average Bonchev–Trinajstić information content (AvgIpc) is 3.10. The fourth-order valence-corrected chi connectivity index (χ4v) is 2.15. The van der Waals surface area contributed by atoms with Crippen LogP contribution in [0, 0.1) is 0 Å². The van der Waals surface area contributed by atoms with Crippen molar-refractivity contribution in [1.82, 2.24) is 14.9 Å². The zero-order chi connectivity index (χ0) is 12.4. The molecule has 0 unspecified atom stereocenters. The monoisotopic (exact) mass is 261 g/mol. The maximum absolute atomic E-state index is 6.10. The quantitative estimate of drug-likeness (QED) is 0.897. The molecule has 1 aliphatic carbocycles. The molecule has 0 amide bonds. The van der Waals surface area contributed by atoms with Gasteiger partial charge in [0.2, 0.25) is 0 Å². The largest absolute Gasteiger partial charge is 0.350 e.